The summed E-state index contributed by atoms with van der Waals surface area (Å²) >= 11 is 0. The Kier molecular flexibility index (Phi) is 12.3. The van der Waals surface area contributed by atoms with Crippen LogP contribution in [0.1, 0.15) is 51.4 Å². The minimum absolute atomic E-state index is 0.322. The van der Waals surface area contributed by atoms with E-state index in [-0.39, 0.29) is 11.1 Å². The van der Waals surface area contributed by atoms with Gasteiger partial charge in [0.2, 0.25) is 0 Å². The Morgan fingerprint density at radius 1 is 0.511 bits per heavy atom. The SMILES string of the molecule is CCc1cc(F)c(/C=N/N=C/c2ccc(C(F)(F)F)cc2)c(F)c1.Cc1cc(F)c(/C=N/N=C/c2ccc(C(F)(F)F)cc2)c(F)c1. The van der Waals surface area contributed by atoms with E-state index >= 15 is 0 Å². The number of aryl methyl sites for hydroxylation is 2. The van der Waals surface area contributed by atoms with Crippen molar-refractivity contribution >= 4 is 24.9 Å². The van der Waals surface area contributed by atoms with Gasteiger partial charge in [0.1, 0.15) is 23.3 Å². The van der Waals surface area contributed by atoms with Gasteiger partial charge in [-0.2, -0.15) is 46.7 Å². The molecule has 0 aromatic heterocycles. The fourth-order valence-electron chi connectivity index (χ4n) is 3.70. The molecule has 14 heteroatoms. The predicted octanol–water partition coefficient (Wildman–Crippen LogP) is 9.74. The highest BCUT2D eigenvalue weighted by atomic mass is 19.4. The van der Waals surface area contributed by atoms with Gasteiger partial charge in [0.05, 0.1) is 47.1 Å². The molecular weight excluding hydrogens is 642 g/mol. The monoisotopic (exact) mass is 666 g/mol. The second kappa shape index (κ2) is 15.9. The lowest BCUT2D eigenvalue weighted by atomic mass is 10.1. The topological polar surface area (TPSA) is 49.4 Å². The van der Waals surface area contributed by atoms with Crippen molar-refractivity contribution in [1.29, 1.82) is 0 Å². The van der Waals surface area contributed by atoms with E-state index < -0.39 is 46.7 Å². The van der Waals surface area contributed by atoms with Crippen molar-refractivity contribution in [2.75, 3.05) is 0 Å². The van der Waals surface area contributed by atoms with E-state index in [4.69, 9.17) is 0 Å². The molecule has 0 fully saturated rings. The standard InChI is InChI=1S/C17H13F5N2.C16H11F5N2/c1-2-11-7-15(18)14(16(19)8-11)10-24-23-9-12-3-5-13(6-4-12)17(20,21)22;1-10-6-14(17)13(15(18)7-10)9-23-22-8-11-2-4-12(5-3-11)16(19,20)21/h3-10H,2H2,1H3;2-9H,1H3/b23-9+,24-10+;22-8+,23-9+. The summed E-state index contributed by atoms with van der Waals surface area (Å²) in [7, 11) is 0. The smallest absolute Gasteiger partial charge is 0.206 e. The lowest BCUT2D eigenvalue weighted by Gasteiger charge is -2.05. The van der Waals surface area contributed by atoms with Gasteiger partial charge < -0.3 is 0 Å². The van der Waals surface area contributed by atoms with Gasteiger partial charge in [0.25, 0.3) is 0 Å². The summed E-state index contributed by atoms with van der Waals surface area (Å²) in [5.74, 6) is -3.03. The number of nitrogens with zero attached hydrogens (tertiary/aromatic N) is 4. The van der Waals surface area contributed by atoms with Crippen LogP contribution in [0, 0.1) is 30.2 Å². The molecule has 0 aliphatic rings. The molecule has 0 saturated carbocycles. The van der Waals surface area contributed by atoms with Crippen LogP contribution in [0.2, 0.25) is 0 Å². The zero-order valence-electron chi connectivity index (χ0n) is 24.5. The van der Waals surface area contributed by atoms with E-state index in [2.05, 4.69) is 20.4 Å². The molecule has 0 unspecified atom stereocenters. The third kappa shape index (κ3) is 11.0. The molecule has 0 N–H and O–H groups in total. The van der Waals surface area contributed by atoms with Crippen LogP contribution in [0.15, 0.2) is 93.2 Å². The van der Waals surface area contributed by atoms with E-state index in [1.165, 1.54) is 48.8 Å². The molecule has 0 heterocycles. The number of halogens is 10. The molecule has 0 aliphatic heterocycles. The Morgan fingerprint density at radius 2 is 0.830 bits per heavy atom. The molecule has 0 bridgehead atoms. The van der Waals surface area contributed by atoms with Crippen molar-refractivity contribution in [3.8, 4) is 0 Å². The molecule has 47 heavy (non-hydrogen) atoms. The quantitative estimate of drug-likeness (QED) is 0.107. The lowest BCUT2D eigenvalue weighted by molar-refractivity contribution is -0.138. The zero-order chi connectivity index (χ0) is 34.8. The van der Waals surface area contributed by atoms with Crippen LogP contribution in [0.4, 0.5) is 43.9 Å². The van der Waals surface area contributed by atoms with Gasteiger partial charge in [-0.3, -0.25) is 0 Å². The van der Waals surface area contributed by atoms with Gasteiger partial charge in [0, 0.05) is 0 Å². The van der Waals surface area contributed by atoms with Crippen LogP contribution >= 0.6 is 0 Å². The molecule has 0 radical (unpaired) electrons. The van der Waals surface area contributed by atoms with Gasteiger partial charge in [-0.05, 0) is 84.1 Å². The summed E-state index contributed by atoms with van der Waals surface area (Å²) in [5.41, 5.74) is -0.495. The Bertz CT molecular complexity index is 1730. The van der Waals surface area contributed by atoms with Gasteiger partial charge >= 0.3 is 12.4 Å². The van der Waals surface area contributed by atoms with Crippen molar-refractivity contribution in [1.82, 2.24) is 0 Å². The van der Waals surface area contributed by atoms with Crippen molar-refractivity contribution in [3.05, 3.63) is 141 Å². The fraction of sp³-hybridized carbons (Fsp3) is 0.152. The maximum atomic E-state index is 13.7. The molecule has 0 spiro atoms. The molecular formula is C33H24F10N4. The van der Waals surface area contributed by atoms with Gasteiger partial charge in [-0.1, -0.05) is 31.2 Å². The van der Waals surface area contributed by atoms with Gasteiger partial charge in [0.15, 0.2) is 0 Å². The highest BCUT2D eigenvalue weighted by Crippen LogP contribution is 2.29. The average molecular weight is 667 g/mol. The predicted molar refractivity (Wildman–Crippen MR) is 160 cm³/mol. The van der Waals surface area contributed by atoms with Crippen LogP contribution < -0.4 is 0 Å². The minimum atomic E-state index is -4.41. The zero-order valence-corrected chi connectivity index (χ0v) is 24.5. The third-order valence-electron chi connectivity index (χ3n) is 6.17. The Balaban J connectivity index is 0.000000256. The average Bonchev–Trinajstić information content (AvgIpc) is 2.99. The highest BCUT2D eigenvalue weighted by Gasteiger charge is 2.30. The Labute approximate surface area is 262 Å². The lowest BCUT2D eigenvalue weighted by Crippen LogP contribution is -2.04. The first-order valence-electron chi connectivity index (χ1n) is 13.5. The molecule has 4 aromatic rings. The second-order valence-corrected chi connectivity index (χ2v) is 9.69. The summed E-state index contributed by atoms with van der Waals surface area (Å²) in [6, 6.07) is 13.3. The normalized spacial score (nSPS) is 12.4. The molecule has 0 aliphatic carbocycles. The Hall–Kier alpha value is -5.14. The largest absolute Gasteiger partial charge is 0.416 e. The summed E-state index contributed by atoms with van der Waals surface area (Å²) in [6.07, 6.45) is -4.12. The molecule has 4 nitrogen and oxygen atoms in total. The number of benzene rings is 4. The van der Waals surface area contributed by atoms with Crippen molar-refractivity contribution in [2.45, 2.75) is 32.6 Å². The number of hydrogen-bond donors (Lipinski definition) is 0. The van der Waals surface area contributed by atoms with Crippen LogP contribution in [-0.4, -0.2) is 24.9 Å². The molecule has 0 atom stereocenters. The first kappa shape index (κ1) is 36.3. The van der Waals surface area contributed by atoms with Crippen molar-refractivity contribution < 1.29 is 43.9 Å². The molecule has 4 aromatic carbocycles. The number of hydrogen-bond acceptors (Lipinski definition) is 4. The molecule has 0 saturated heterocycles. The summed E-state index contributed by atoms with van der Waals surface area (Å²) in [6.45, 7) is 3.33. The molecule has 4 rings (SSSR count). The molecule has 0 amide bonds. The minimum Gasteiger partial charge on any atom is -0.206 e. The van der Waals surface area contributed by atoms with Crippen LogP contribution in [-0.2, 0) is 18.8 Å². The van der Waals surface area contributed by atoms with E-state index in [1.807, 2.05) is 0 Å². The number of rotatable bonds is 7. The van der Waals surface area contributed by atoms with E-state index in [9.17, 15) is 43.9 Å². The fourth-order valence-corrected chi connectivity index (χ4v) is 3.70. The first-order valence-corrected chi connectivity index (χ1v) is 13.5. The summed E-state index contributed by atoms with van der Waals surface area (Å²) in [5, 5.41) is 14.2. The van der Waals surface area contributed by atoms with Crippen LogP contribution in [0.5, 0.6) is 0 Å². The second-order valence-electron chi connectivity index (χ2n) is 9.69. The van der Waals surface area contributed by atoms with E-state index in [1.54, 1.807) is 13.8 Å². The Morgan fingerprint density at radius 3 is 1.15 bits per heavy atom. The van der Waals surface area contributed by atoms with Gasteiger partial charge in [-0.25, -0.2) is 17.6 Å². The summed E-state index contributed by atoms with van der Waals surface area (Å²) < 4.78 is 129. The van der Waals surface area contributed by atoms with Crippen molar-refractivity contribution in [2.24, 2.45) is 20.4 Å². The van der Waals surface area contributed by atoms with E-state index in [0.29, 0.717) is 28.7 Å². The highest BCUT2D eigenvalue weighted by molar-refractivity contribution is 5.84. The van der Waals surface area contributed by atoms with Crippen LogP contribution in [0.25, 0.3) is 0 Å². The third-order valence-corrected chi connectivity index (χ3v) is 6.17. The van der Waals surface area contributed by atoms with Crippen LogP contribution in [0.3, 0.4) is 0 Å². The molecule has 246 valence electrons. The first-order chi connectivity index (χ1) is 22.1. The maximum Gasteiger partial charge on any atom is 0.416 e. The van der Waals surface area contributed by atoms with E-state index in [0.717, 1.165) is 48.8 Å². The number of alkyl halides is 6. The van der Waals surface area contributed by atoms with Gasteiger partial charge in [-0.15, -0.1) is 0 Å². The van der Waals surface area contributed by atoms with Crippen molar-refractivity contribution in [3.63, 3.8) is 0 Å². The maximum absolute atomic E-state index is 13.7. The summed E-state index contributed by atoms with van der Waals surface area (Å²) in [4.78, 5) is 0.